The van der Waals surface area contributed by atoms with Crippen molar-refractivity contribution in [1.29, 1.82) is 0 Å². The summed E-state index contributed by atoms with van der Waals surface area (Å²) in [5.74, 6) is -1.40. The summed E-state index contributed by atoms with van der Waals surface area (Å²) in [6.07, 6.45) is 1.66. The summed E-state index contributed by atoms with van der Waals surface area (Å²) >= 11 is 7.16. The van der Waals surface area contributed by atoms with Crippen LogP contribution < -0.4 is 5.32 Å². The summed E-state index contributed by atoms with van der Waals surface area (Å²) in [4.78, 5) is 4.02. The van der Waals surface area contributed by atoms with Crippen LogP contribution in [0.1, 0.15) is 5.01 Å². The fraction of sp³-hybridized carbons (Fsp3) is 0.100. The lowest BCUT2D eigenvalue weighted by molar-refractivity contribution is 0.585. The summed E-state index contributed by atoms with van der Waals surface area (Å²) in [5.41, 5.74) is 0.0956. The normalized spacial score (nSPS) is 10.4. The first-order valence-electron chi connectivity index (χ1n) is 4.43. The van der Waals surface area contributed by atoms with E-state index >= 15 is 0 Å². The number of rotatable bonds is 3. The zero-order valence-corrected chi connectivity index (χ0v) is 9.58. The molecule has 0 spiro atoms. The standard InChI is InChI=1S/C10H7ClF2N2S/c11-7-3-6(12)4-8(13)10(7)15-5-9-14-1-2-16-9/h1-4,15H,5H2. The van der Waals surface area contributed by atoms with Gasteiger partial charge in [0.25, 0.3) is 0 Å². The quantitative estimate of drug-likeness (QED) is 0.910. The Morgan fingerprint density at radius 3 is 2.81 bits per heavy atom. The van der Waals surface area contributed by atoms with E-state index in [4.69, 9.17) is 11.6 Å². The Labute approximate surface area is 99.9 Å². The van der Waals surface area contributed by atoms with Crippen molar-refractivity contribution in [2.45, 2.75) is 6.54 Å². The van der Waals surface area contributed by atoms with Crippen molar-refractivity contribution in [1.82, 2.24) is 4.98 Å². The van der Waals surface area contributed by atoms with Gasteiger partial charge in [0.15, 0.2) is 5.82 Å². The lowest BCUT2D eigenvalue weighted by atomic mass is 10.3. The van der Waals surface area contributed by atoms with Gasteiger partial charge >= 0.3 is 0 Å². The first-order valence-corrected chi connectivity index (χ1v) is 5.69. The molecule has 1 heterocycles. The first-order chi connectivity index (χ1) is 7.66. The highest BCUT2D eigenvalue weighted by atomic mass is 35.5. The zero-order chi connectivity index (χ0) is 11.5. The third-order valence-electron chi connectivity index (χ3n) is 1.91. The fourth-order valence-electron chi connectivity index (χ4n) is 1.22. The molecule has 0 radical (unpaired) electrons. The Bertz CT molecular complexity index is 465. The number of nitrogens with zero attached hydrogens (tertiary/aromatic N) is 1. The van der Waals surface area contributed by atoms with Crippen LogP contribution in [0.15, 0.2) is 23.7 Å². The molecule has 1 aromatic heterocycles. The van der Waals surface area contributed by atoms with Crippen molar-refractivity contribution in [3.05, 3.63) is 45.4 Å². The number of aromatic nitrogens is 1. The molecular formula is C10H7ClF2N2S. The van der Waals surface area contributed by atoms with Gasteiger partial charge in [0.1, 0.15) is 10.8 Å². The largest absolute Gasteiger partial charge is 0.375 e. The number of hydrogen-bond donors (Lipinski definition) is 1. The van der Waals surface area contributed by atoms with E-state index in [1.54, 1.807) is 6.20 Å². The molecule has 0 fully saturated rings. The van der Waals surface area contributed by atoms with Crippen LogP contribution in [-0.2, 0) is 6.54 Å². The Hall–Kier alpha value is -1.20. The maximum absolute atomic E-state index is 13.3. The molecule has 1 N–H and O–H groups in total. The lowest BCUT2D eigenvalue weighted by Gasteiger charge is -2.07. The third-order valence-corrected chi connectivity index (χ3v) is 2.98. The van der Waals surface area contributed by atoms with Crippen LogP contribution in [0.4, 0.5) is 14.5 Å². The van der Waals surface area contributed by atoms with Gasteiger partial charge in [0, 0.05) is 17.6 Å². The van der Waals surface area contributed by atoms with Gasteiger partial charge in [-0.1, -0.05) is 11.6 Å². The monoisotopic (exact) mass is 260 g/mol. The van der Waals surface area contributed by atoms with E-state index in [2.05, 4.69) is 10.3 Å². The van der Waals surface area contributed by atoms with Crippen molar-refractivity contribution < 1.29 is 8.78 Å². The van der Waals surface area contributed by atoms with E-state index < -0.39 is 11.6 Å². The van der Waals surface area contributed by atoms with E-state index in [0.29, 0.717) is 6.54 Å². The van der Waals surface area contributed by atoms with Gasteiger partial charge in [0.05, 0.1) is 17.3 Å². The van der Waals surface area contributed by atoms with Crippen LogP contribution in [0, 0.1) is 11.6 Å². The maximum Gasteiger partial charge on any atom is 0.150 e. The third kappa shape index (κ3) is 2.48. The Morgan fingerprint density at radius 1 is 1.38 bits per heavy atom. The first kappa shape index (κ1) is 11.3. The molecule has 0 aliphatic rings. The average Bonchev–Trinajstić information content (AvgIpc) is 2.68. The average molecular weight is 261 g/mol. The zero-order valence-electron chi connectivity index (χ0n) is 8.01. The highest BCUT2D eigenvalue weighted by molar-refractivity contribution is 7.09. The molecule has 6 heteroatoms. The van der Waals surface area contributed by atoms with E-state index in [1.807, 2.05) is 5.38 Å². The van der Waals surface area contributed by atoms with Crippen molar-refractivity contribution in [2.75, 3.05) is 5.32 Å². The summed E-state index contributed by atoms with van der Waals surface area (Å²) < 4.78 is 26.1. The summed E-state index contributed by atoms with van der Waals surface area (Å²) in [6, 6.07) is 1.85. The van der Waals surface area contributed by atoms with Gasteiger partial charge in [0.2, 0.25) is 0 Å². The molecule has 0 aliphatic carbocycles. The Kier molecular flexibility index (Phi) is 3.36. The molecule has 2 rings (SSSR count). The number of anilines is 1. The predicted molar refractivity (Wildman–Crippen MR) is 60.8 cm³/mol. The molecule has 0 saturated carbocycles. The predicted octanol–water partition coefficient (Wildman–Crippen LogP) is 3.69. The minimum Gasteiger partial charge on any atom is -0.375 e. The number of nitrogens with one attached hydrogen (secondary N) is 1. The molecule has 0 amide bonds. The minimum atomic E-state index is -0.707. The smallest absolute Gasteiger partial charge is 0.150 e. The number of hydrogen-bond acceptors (Lipinski definition) is 3. The second-order valence-corrected chi connectivity index (χ2v) is 4.41. The number of halogens is 3. The van der Waals surface area contributed by atoms with E-state index in [0.717, 1.165) is 17.1 Å². The molecular weight excluding hydrogens is 254 g/mol. The Balaban J connectivity index is 2.15. The molecule has 0 bridgehead atoms. The maximum atomic E-state index is 13.3. The molecule has 0 atom stereocenters. The van der Waals surface area contributed by atoms with E-state index in [1.165, 1.54) is 11.3 Å². The van der Waals surface area contributed by atoms with Crippen LogP contribution in [-0.4, -0.2) is 4.98 Å². The molecule has 0 aliphatic heterocycles. The van der Waals surface area contributed by atoms with Crippen molar-refractivity contribution in [2.24, 2.45) is 0 Å². The van der Waals surface area contributed by atoms with Crippen LogP contribution in [0.25, 0.3) is 0 Å². The highest BCUT2D eigenvalue weighted by Gasteiger charge is 2.09. The van der Waals surface area contributed by atoms with Gasteiger partial charge in [-0.2, -0.15) is 0 Å². The highest BCUT2D eigenvalue weighted by Crippen LogP contribution is 2.26. The summed E-state index contributed by atoms with van der Waals surface area (Å²) in [5, 5.41) is 5.43. The summed E-state index contributed by atoms with van der Waals surface area (Å²) in [7, 11) is 0. The second kappa shape index (κ2) is 4.76. The molecule has 84 valence electrons. The van der Waals surface area contributed by atoms with Crippen molar-refractivity contribution in [3.8, 4) is 0 Å². The van der Waals surface area contributed by atoms with E-state index in [-0.39, 0.29) is 10.7 Å². The van der Waals surface area contributed by atoms with Crippen LogP contribution in [0.3, 0.4) is 0 Å². The topological polar surface area (TPSA) is 24.9 Å². The van der Waals surface area contributed by atoms with Gasteiger partial charge in [-0.05, 0) is 6.07 Å². The Morgan fingerprint density at radius 2 is 2.19 bits per heavy atom. The molecule has 2 aromatic rings. The molecule has 0 unspecified atom stereocenters. The summed E-state index contributed by atoms with van der Waals surface area (Å²) in [6.45, 7) is 0.361. The van der Waals surface area contributed by atoms with E-state index in [9.17, 15) is 8.78 Å². The molecule has 16 heavy (non-hydrogen) atoms. The van der Waals surface area contributed by atoms with Crippen LogP contribution >= 0.6 is 22.9 Å². The molecule has 1 aromatic carbocycles. The number of thiazole rings is 1. The molecule has 2 nitrogen and oxygen atoms in total. The van der Waals surface area contributed by atoms with Gasteiger partial charge in [-0.3, -0.25) is 0 Å². The van der Waals surface area contributed by atoms with Crippen LogP contribution in [0.5, 0.6) is 0 Å². The lowest BCUT2D eigenvalue weighted by Crippen LogP contribution is -2.02. The van der Waals surface area contributed by atoms with Crippen molar-refractivity contribution >= 4 is 28.6 Å². The number of benzene rings is 1. The SMILES string of the molecule is Fc1cc(F)c(NCc2nccs2)c(Cl)c1. The second-order valence-electron chi connectivity index (χ2n) is 3.02. The molecule has 0 saturated heterocycles. The van der Waals surface area contributed by atoms with Gasteiger partial charge in [-0.15, -0.1) is 11.3 Å². The van der Waals surface area contributed by atoms with Crippen LogP contribution in [0.2, 0.25) is 5.02 Å². The van der Waals surface area contributed by atoms with Gasteiger partial charge in [-0.25, -0.2) is 13.8 Å². The van der Waals surface area contributed by atoms with Gasteiger partial charge < -0.3 is 5.32 Å². The van der Waals surface area contributed by atoms with Crippen molar-refractivity contribution in [3.63, 3.8) is 0 Å². The fourth-order valence-corrected chi connectivity index (χ4v) is 2.03. The minimum absolute atomic E-state index is 0.0223.